The van der Waals surface area contributed by atoms with Crippen molar-refractivity contribution < 1.29 is 0 Å². The Bertz CT molecular complexity index is 999. The molecule has 0 saturated heterocycles. The van der Waals surface area contributed by atoms with E-state index in [0.717, 1.165) is 27.6 Å². The van der Waals surface area contributed by atoms with E-state index < -0.39 is 8.07 Å². The summed E-state index contributed by atoms with van der Waals surface area (Å²) in [6.07, 6.45) is 5.51. The summed E-state index contributed by atoms with van der Waals surface area (Å²) in [5, 5.41) is 6.84. The average Bonchev–Trinajstić information content (AvgIpc) is 2.91. The van der Waals surface area contributed by atoms with Gasteiger partial charge in [-0.05, 0) is 49.9 Å². The number of imidazole rings is 1. The zero-order chi connectivity index (χ0) is 19.7. The van der Waals surface area contributed by atoms with E-state index >= 15 is 0 Å². The van der Waals surface area contributed by atoms with Crippen LogP contribution in [0.25, 0.3) is 16.9 Å². The van der Waals surface area contributed by atoms with Crippen molar-refractivity contribution in [2.24, 2.45) is 0 Å². The van der Waals surface area contributed by atoms with Crippen LogP contribution in [0.4, 0.5) is 5.82 Å². The zero-order valence-electron chi connectivity index (χ0n) is 16.8. The number of thioether (sulfide) groups is 1. The molecule has 27 heavy (non-hydrogen) atoms. The number of fused-ring (bicyclic) bond motifs is 1. The van der Waals surface area contributed by atoms with Gasteiger partial charge in [-0.1, -0.05) is 31.8 Å². The highest BCUT2D eigenvalue weighted by Crippen LogP contribution is 2.31. The Morgan fingerprint density at radius 1 is 1.11 bits per heavy atom. The van der Waals surface area contributed by atoms with E-state index in [1.165, 1.54) is 0 Å². The number of aromatic nitrogens is 3. The lowest BCUT2D eigenvalue weighted by atomic mass is 10.1. The van der Waals surface area contributed by atoms with Crippen molar-refractivity contribution >= 4 is 31.3 Å². The number of anilines is 1. The molecule has 3 rings (SSSR count). The van der Waals surface area contributed by atoms with Crippen LogP contribution in [0.15, 0.2) is 47.8 Å². The molecule has 0 aliphatic heterocycles. The van der Waals surface area contributed by atoms with Crippen molar-refractivity contribution in [2.75, 3.05) is 5.32 Å². The molecule has 0 aliphatic carbocycles. The van der Waals surface area contributed by atoms with Gasteiger partial charge in [-0.25, -0.2) is 4.98 Å². The molecular formula is C21H26N4SSi. The van der Waals surface area contributed by atoms with Gasteiger partial charge in [-0.15, -0.1) is 5.54 Å². The Morgan fingerprint density at radius 2 is 1.81 bits per heavy atom. The van der Waals surface area contributed by atoms with Crippen LogP contribution in [0.2, 0.25) is 19.6 Å². The molecule has 4 nitrogen and oxygen atoms in total. The standard InChI is InChI=1S/C21H26N4SSi/c1-21(2,3)24-20-19(23-18-15-22-11-12-25(18)20)16-7-9-17(10-8-16)26-13-14-27(4,5)6/h7-12,15,24H,1-6H3. The third-order valence-electron chi connectivity index (χ3n) is 3.65. The molecule has 0 amide bonds. The summed E-state index contributed by atoms with van der Waals surface area (Å²) in [7, 11) is -1.33. The largest absolute Gasteiger partial charge is 0.365 e. The third-order valence-corrected chi connectivity index (χ3v) is 5.41. The van der Waals surface area contributed by atoms with Crippen molar-refractivity contribution in [2.45, 2.75) is 50.8 Å². The molecule has 140 valence electrons. The predicted molar refractivity (Wildman–Crippen MR) is 119 cm³/mol. The van der Waals surface area contributed by atoms with Crippen molar-refractivity contribution in [3.05, 3.63) is 42.9 Å². The second-order valence-electron chi connectivity index (χ2n) is 8.59. The number of nitrogens with zero attached hydrogens (tertiary/aromatic N) is 3. The minimum absolute atomic E-state index is 0.0732. The smallest absolute Gasteiger partial charge is 0.157 e. The summed E-state index contributed by atoms with van der Waals surface area (Å²) in [5.41, 5.74) is 6.16. The Hall–Kier alpha value is -2.23. The molecular weight excluding hydrogens is 368 g/mol. The minimum Gasteiger partial charge on any atom is -0.365 e. The molecule has 0 fully saturated rings. The van der Waals surface area contributed by atoms with E-state index in [-0.39, 0.29) is 5.54 Å². The van der Waals surface area contributed by atoms with Gasteiger partial charge in [0.2, 0.25) is 0 Å². The van der Waals surface area contributed by atoms with Gasteiger partial charge in [-0.2, -0.15) is 0 Å². The first-order chi connectivity index (χ1) is 12.6. The van der Waals surface area contributed by atoms with Gasteiger partial charge in [0.25, 0.3) is 0 Å². The lowest BCUT2D eigenvalue weighted by Crippen LogP contribution is -2.27. The fourth-order valence-corrected chi connectivity index (χ4v) is 4.32. The monoisotopic (exact) mass is 394 g/mol. The fourth-order valence-electron chi connectivity index (χ4n) is 2.50. The van der Waals surface area contributed by atoms with E-state index in [1.807, 2.05) is 6.20 Å². The van der Waals surface area contributed by atoms with Crippen LogP contribution in [-0.2, 0) is 0 Å². The molecule has 0 atom stereocenters. The first-order valence-corrected chi connectivity index (χ1v) is 13.3. The van der Waals surface area contributed by atoms with Gasteiger partial charge >= 0.3 is 0 Å². The maximum Gasteiger partial charge on any atom is 0.157 e. The summed E-state index contributed by atoms with van der Waals surface area (Å²) < 4.78 is 2.05. The normalized spacial score (nSPS) is 11.9. The Kier molecular flexibility index (Phi) is 5.36. The maximum atomic E-state index is 4.80. The van der Waals surface area contributed by atoms with Gasteiger partial charge in [0.15, 0.2) is 5.65 Å². The van der Waals surface area contributed by atoms with Gasteiger partial charge in [0.1, 0.15) is 19.6 Å². The number of benzene rings is 1. The van der Waals surface area contributed by atoms with Gasteiger partial charge < -0.3 is 5.32 Å². The third kappa shape index (κ3) is 5.15. The molecule has 0 saturated carbocycles. The van der Waals surface area contributed by atoms with Gasteiger partial charge in [0, 0.05) is 28.4 Å². The molecule has 1 aromatic carbocycles. The second kappa shape index (κ2) is 7.41. The average molecular weight is 395 g/mol. The van der Waals surface area contributed by atoms with Crippen LogP contribution in [0.1, 0.15) is 20.8 Å². The van der Waals surface area contributed by atoms with Crippen molar-refractivity contribution in [3.8, 4) is 22.1 Å². The van der Waals surface area contributed by atoms with Crippen LogP contribution in [-0.4, -0.2) is 28.0 Å². The summed E-state index contributed by atoms with van der Waals surface area (Å²) in [4.78, 5) is 10.2. The van der Waals surface area contributed by atoms with E-state index in [4.69, 9.17) is 4.98 Å². The molecule has 1 N–H and O–H groups in total. The summed E-state index contributed by atoms with van der Waals surface area (Å²) in [6, 6.07) is 8.45. The topological polar surface area (TPSA) is 42.2 Å². The highest BCUT2D eigenvalue weighted by Gasteiger charge is 2.19. The predicted octanol–water partition coefficient (Wildman–Crippen LogP) is 5.54. The Balaban J connectivity index is 1.95. The molecule has 0 radical (unpaired) electrons. The van der Waals surface area contributed by atoms with E-state index in [0.29, 0.717) is 0 Å². The van der Waals surface area contributed by atoms with Crippen molar-refractivity contribution in [1.82, 2.24) is 14.4 Å². The fraction of sp³-hybridized carbons (Fsp3) is 0.333. The Labute approximate surface area is 166 Å². The van der Waals surface area contributed by atoms with Crippen LogP contribution in [0.5, 0.6) is 0 Å². The minimum atomic E-state index is -1.33. The Morgan fingerprint density at radius 3 is 2.44 bits per heavy atom. The summed E-state index contributed by atoms with van der Waals surface area (Å²) >= 11 is 1.59. The number of nitrogens with one attached hydrogen (secondary N) is 1. The molecule has 3 aromatic rings. The van der Waals surface area contributed by atoms with Crippen LogP contribution in [0, 0.1) is 10.8 Å². The number of hydrogen-bond donors (Lipinski definition) is 1. The lowest BCUT2D eigenvalue weighted by Gasteiger charge is -2.22. The summed E-state index contributed by atoms with van der Waals surface area (Å²) in [5.74, 6) is 0.985. The van der Waals surface area contributed by atoms with Gasteiger partial charge in [-0.3, -0.25) is 9.38 Å². The highest BCUT2D eigenvalue weighted by atomic mass is 32.2. The molecule has 0 aliphatic rings. The van der Waals surface area contributed by atoms with E-state index in [1.54, 1.807) is 24.2 Å². The second-order valence-corrected chi connectivity index (χ2v) is 14.2. The molecule has 0 bridgehead atoms. The highest BCUT2D eigenvalue weighted by molar-refractivity contribution is 8.04. The molecule has 0 unspecified atom stereocenters. The van der Waals surface area contributed by atoms with E-state index in [9.17, 15) is 0 Å². The first kappa shape index (κ1) is 19.5. The molecule has 0 spiro atoms. The molecule has 2 heterocycles. The van der Waals surface area contributed by atoms with Crippen LogP contribution in [0.3, 0.4) is 0 Å². The van der Waals surface area contributed by atoms with Crippen molar-refractivity contribution in [3.63, 3.8) is 0 Å². The van der Waals surface area contributed by atoms with E-state index in [2.05, 4.69) is 90.2 Å². The lowest BCUT2D eigenvalue weighted by molar-refractivity contribution is 0.629. The molecule has 6 heteroatoms. The first-order valence-electron chi connectivity index (χ1n) is 9.02. The summed E-state index contributed by atoms with van der Waals surface area (Å²) in [6.45, 7) is 13.2. The van der Waals surface area contributed by atoms with Gasteiger partial charge in [0.05, 0.1) is 6.20 Å². The number of hydrogen-bond acceptors (Lipinski definition) is 4. The number of rotatable bonds is 3. The van der Waals surface area contributed by atoms with Crippen LogP contribution < -0.4 is 5.32 Å². The maximum absolute atomic E-state index is 4.80. The van der Waals surface area contributed by atoms with Crippen LogP contribution >= 0.6 is 11.8 Å². The molecule has 2 aromatic heterocycles. The zero-order valence-corrected chi connectivity index (χ0v) is 18.6. The van der Waals surface area contributed by atoms with Crippen molar-refractivity contribution in [1.29, 1.82) is 0 Å². The SMILES string of the molecule is CC(C)(C)Nc1c(-c2ccc(SC#C[Si](C)(C)C)cc2)nc2cnccn12. The quantitative estimate of drug-likeness (QED) is 0.360.